The summed E-state index contributed by atoms with van der Waals surface area (Å²) in [5.74, 6) is 0.0208. The molecule has 3 nitrogen and oxygen atoms in total. The maximum Gasteiger partial charge on any atom is 0.143 e. The van der Waals surface area contributed by atoms with Crippen LogP contribution in [0.5, 0.6) is 5.75 Å². The molecule has 17 heavy (non-hydrogen) atoms. The number of aromatic hydroxyl groups is 1. The molecule has 0 saturated heterocycles. The Hall–Kier alpha value is -0.770. The van der Waals surface area contributed by atoms with Crippen molar-refractivity contribution in [3.8, 4) is 5.75 Å². The molecule has 0 heterocycles. The van der Waals surface area contributed by atoms with E-state index in [1.54, 1.807) is 12.3 Å². The van der Waals surface area contributed by atoms with Gasteiger partial charge in [-0.15, -0.1) is 0 Å². The van der Waals surface area contributed by atoms with E-state index in [1.165, 1.54) is 6.07 Å². The summed E-state index contributed by atoms with van der Waals surface area (Å²) in [5, 5.41) is 10.4. The lowest BCUT2D eigenvalue weighted by molar-refractivity contribution is 0.403. The van der Waals surface area contributed by atoms with Gasteiger partial charge in [-0.3, -0.25) is 4.99 Å². The van der Waals surface area contributed by atoms with Gasteiger partial charge in [0, 0.05) is 23.3 Å². The highest BCUT2D eigenvalue weighted by Gasteiger charge is 2.05. The summed E-state index contributed by atoms with van der Waals surface area (Å²) in [6.07, 6.45) is 2.57. The van der Waals surface area contributed by atoms with Gasteiger partial charge in [-0.25, -0.2) is 0 Å². The number of aliphatic imine (C=N–C) groups is 1. The minimum Gasteiger partial charge on any atom is -0.506 e. The third-order valence-corrected chi connectivity index (χ3v) is 2.69. The summed E-state index contributed by atoms with van der Waals surface area (Å²) in [4.78, 5) is 6.33. The van der Waals surface area contributed by atoms with Crippen LogP contribution in [0, 0.1) is 0 Å². The smallest absolute Gasteiger partial charge is 0.143 e. The van der Waals surface area contributed by atoms with Crippen LogP contribution < -0.4 is 0 Å². The van der Waals surface area contributed by atoms with Crippen LogP contribution in [0.2, 0.25) is 10.0 Å². The number of phenols is 1. The molecule has 0 fully saturated rings. The number of benzene rings is 1. The summed E-state index contributed by atoms with van der Waals surface area (Å²) in [6, 6.07) is 3.14. The van der Waals surface area contributed by atoms with Gasteiger partial charge < -0.3 is 10.0 Å². The normalized spacial score (nSPS) is 11.6. The molecule has 0 saturated carbocycles. The lowest BCUT2D eigenvalue weighted by Crippen LogP contribution is -2.13. The van der Waals surface area contributed by atoms with E-state index < -0.39 is 0 Å². The van der Waals surface area contributed by atoms with Gasteiger partial charge >= 0.3 is 0 Å². The molecule has 0 aromatic heterocycles. The Morgan fingerprint density at radius 2 is 2.06 bits per heavy atom. The summed E-state index contributed by atoms with van der Waals surface area (Å²) in [6.45, 7) is 1.70. The van der Waals surface area contributed by atoms with E-state index in [2.05, 4.69) is 9.89 Å². The monoisotopic (exact) mass is 274 g/mol. The largest absolute Gasteiger partial charge is 0.506 e. The molecule has 1 N–H and O–H groups in total. The number of nitrogens with zero attached hydrogens (tertiary/aromatic N) is 2. The van der Waals surface area contributed by atoms with Gasteiger partial charge in [0.1, 0.15) is 5.75 Å². The van der Waals surface area contributed by atoms with Gasteiger partial charge in [0.25, 0.3) is 0 Å². The van der Waals surface area contributed by atoms with Gasteiger partial charge in [-0.1, -0.05) is 23.2 Å². The van der Waals surface area contributed by atoms with Gasteiger partial charge in [0.2, 0.25) is 0 Å². The first-order valence-corrected chi connectivity index (χ1v) is 6.09. The highest BCUT2D eigenvalue weighted by Crippen LogP contribution is 2.29. The quantitative estimate of drug-likeness (QED) is 0.662. The topological polar surface area (TPSA) is 35.8 Å². The van der Waals surface area contributed by atoms with Crippen molar-refractivity contribution in [3.05, 3.63) is 27.7 Å². The minimum absolute atomic E-state index is 0.0208. The molecule has 0 aliphatic carbocycles. The van der Waals surface area contributed by atoms with Crippen molar-refractivity contribution in [2.75, 3.05) is 27.2 Å². The number of rotatable bonds is 5. The highest BCUT2D eigenvalue weighted by molar-refractivity contribution is 6.36. The molecule has 1 rings (SSSR count). The second-order valence-corrected chi connectivity index (χ2v) is 4.86. The molecular weight excluding hydrogens is 259 g/mol. The lowest BCUT2D eigenvalue weighted by atomic mass is 10.2. The molecule has 0 unspecified atom stereocenters. The van der Waals surface area contributed by atoms with Crippen molar-refractivity contribution >= 4 is 29.4 Å². The number of hydrogen-bond donors (Lipinski definition) is 1. The van der Waals surface area contributed by atoms with Crippen LogP contribution in [0.3, 0.4) is 0 Å². The van der Waals surface area contributed by atoms with Gasteiger partial charge in [-0.05, 0) is 39.2 Å². The third-order valence-electron chi connectivity index (χ3n) is 2.18. The van der Waals surface area contributed by atoms with Crippen LogP contribution >= 0.6 is 23.2 Å². The van der Waals surface area contributed by atoms with E-state index in [4.69, 9.17) is 23.2 Å². The first kappa shape index (κ1) is 14.3. The van der Waals surface area contributed by atoms with E-state index in [1.807, 2.05) is 14.1 Å². The van der Waals surface area contributed by atoms with Crippen LogP contribution in [-0.2, 0) is 0 Å². The molecule has 0 amide bonds. The van der Waals surface area contributed by atoms with E-state index in [0.717, 1.165) is 13.0 Å². The molecule has 0 bridgehead atoms. The molecule has 0 spiro atoms. The first-order valence-electron chi connectivity index (χ1n) is 5.33. The Labute approximate surface area is 112 Å². The second kappa shape index (κ2) is 6.84. The Morgan fingerprint density at radius 3 is 2.71 bits per heavy atom. The maximum atomic E-state index is 9.68. The lowest BCUT2D eigenvalue weighted by Gasteiger charge is -2.06. The van der Waals surface area contributed by atoms with Crippen LogP contribution in [-0.4, -0.2) is 43.4 Å². The standard InChI is InChI=1S/C12H16Cl2N2O/c1-16(2)5-3-4-15-8-9-6-10(13)7-11(14)12(9)17/h6-8,17H,3-5H2,1-2H3. The number of halogens is 2. The number of phenolic OH excluding ortho intramolecular Hbond substituents is 1. The first-order chi connectivity index (χ1) is 8.00. The van der Waals surface area contributed by atoms with Gasteiger partial charge in [0.15, 0.2) is 0 Å². The van der Waals surface area contributed by atoms with E-state index in [9.17, 15) is 5.11 Å². The zero-order valence-corrected chi connectivity index (χ0v) is 11.5. The van der Waals surface area contributed by atoms with Crippen LogP contribution in [0.25, 0.3) is 0 Å². The summed E-state index contributed by atoms with van der Waals surface area (Å²) >= 11 is 11.6. The van der Waals surface area contributed by atoms with Crippen molar-refractivity contribution in [2.45, 2.75) is 6.42 Å². The van der Waals surface area contributed by atoms with Crippen LogP contribution in [0.1, 0.15) is 12.0 Å². The van der Waals surface area contributed by atoms with E-state index in [-0.39, 0.29) is 10.8 Å². The maximum absolute atomic E-state index is 9.68. The third kappa shape index (κ3) is 4.94. The van der Waals surface area contributed by atoms with Crippen LogP contribution in [0.4, 0.5) is 0 Å². The van der Waals surface area contributed by atoms with Crippen molar-refractivity contribution < 1.29 is 5.11 Å². The fourth-order valence-corrected chi connectivity index (χ4v) is 1.83. The van der Waals surface area contributed by atoms with Crippen LogP contribution in [0.15, 0.2) is 17.1 Å². The average Bonchev–Trinajstić information content (AvgIpc) is 2.23. The fraction of sp³-hybridized carbons (Fsp3) is 0.417. The van der Waals surface area contributed by atoms with Crippen molar-refractivity contribution in [1.29, 1.82) is 0 Å². The molecule has 0 aliphatic rings. The highest BCUT2D eigenvalue weighted by atomic mass is 35.5. The zero-order valence-electron chi connectivity index (χ0n) is 9.95. The second-order valence-electron chi connectivity index (χ2n) is 4.02. The molecular formula is C12H16Cl2N2O. The van der Waals surface area contributed by atoms with E-state index in [0.29, 0.717) is 17.1 Å². The Bertz CT molecular complexity index is 406. The van der Waals surface area contributed by atoms with Crippen molar-refractivity contribution in [1.82, 2.24) is 4.90 Å². The molecule has 1 aromatic rings. The zero-order chi connectivity index (χ0) is 12.8. The number of hydrogen-bond acceptors (Lipinski definition) is 3. The molecule has 5 heteroatoms. The summed E-state index contributed by atoms with van der Waals surface area (Å²) < 4.78 is 0. The Kier molecular flexibility index (Phi) is 5.75. The van der Waals surface area contributed by atoms with Crippen molar-refractivity contribution in [3.63, 3.8) is 0 Å². The molecule has 0 aliphatic heterocycles. The van der Waals surface area contributed by atoms with E-state index >= 15 is 0 Å². The summed E-state index contributed by atoms with van der Waals surface area (Å²) in [5.41, 5.74) is 0.548. The molecule has 0 radical (unpaired) electrons. The van der Waals surface area contributed by atoms with Gasteiger partial charge in [-0.2, -0.15) is 0 Å². The SMILES string of the molecule is CN(C)CCCN=Cc1cc(Cl)cc(Cl)c1O. The average molecular weight is 275 g/mol. The molecule has 0 atom stereocenters. The molecule has 94 valence electrons. The molecule has 1 aromatic carbocycles. The predicted molar refractivity (Wildman–Crippen MR) is 73.8 cm³/mol. The minimum atomic E-state index is 0.0208. The Balaban J connectivity index is 2.59. The fourth-order valence-electron chi connectivity index (χ4n) is 1.33. The van der Waals surface area contributed by atoms with Gasteiger partial charge in [0.05, 0.1) is 5.02 Å². The Morgan fingerprint density at radius 1 is 1.35 bits per heavy atom. The summed E-state index contributed by atoms with van der Waals surface area (Å²) in [7, 11) is 4.04. The predicted octanol–water partition coefficient (Wildman–Crippen LogP) is 3.07. The van der Waals surface area contributed by atoms with Crippen molar-refractivity contribution in [2.24, 2.45) is 4.99 Å².